The molecule has 1 fully saturated rings. The van der Waals surface area contributed by atoms with Gasteiger partial charge in [-0.1, -0.05) is 6.08 Å². The smallest absolute Gasteiger partial charge is 0.0667 e. The molecule has 0 spiro atoms. The maximum Gasteiger partial charge on any atom is 0.0667 e. The summed E-state index contributed by atoms with van der Waals surface area (Å²) >= 11 is 1.93. The average molecular weight is 158 g/mol. The predicted molar refractivity (Wildman–Crippen MR) is 47.1 cm³/mol. The molecule has 1 rings (SSSR count). The molecule has 10 heavy (non-hydrogen) atoms. The van der Waals surface area contributed by atoms with Crippen molar-refractivity contribution in [1.29, 1.82) is 0 Å². The van der Waals surface area contributed by atoms with E-state index in [0.29, 0.717) is 0 Å². The highest BCUT2D eigenvalue weighted by molar-refractivity contribution is 7.99. The number of rotatable bonds is 2. The first-order chi connectivity index (χ1) is 4.84. The lowest BCUT2D eigenvalue weighted by Gasteiger charge is -2.31. The second-order valence-corrected chi connectivity index (χ2v) is 3.58. The van der Waals surface area contributed by atoms with E-state index in [0.717, 1.165) is 18.8 Å². The van der Waals surface area contributed by atoms with Crippen molar-refractivity contribution in [3.05, 3.63) is 12.7 Å². The third-order valence-corrected chi connectivity index (χ3v) is 2.69. The molecule has 0 saturated carbocycles. The molecule has 1 saturated heterocycles. The van der Waals surface area contributed by atoms with Gasteiger partial charge in [0.05, 0.1) is 6.17 Å². The molecule has 0 aromatic carbocycles. The summed E-state index contributed by atoms with van der Waals surface area (Å²) in [7, 11) is 0. The maximum absolute atomic E-state index is 5.82. The zero-order valence-electron chi connectivity index (χ0n) is 6.12. The predicted octanol–water partition coefficient (Wildman–Crippen LogP) is 0.506. The van der Waals surface area contributed by atoms with Gasteiger partial charge in [0.15, 0.2) is 0 Å². The van der Waals surface area contributed by atoms with Crippen molar-refractivity contribution >= 4 is 11.8 Å². The van der Waals surface area contributed by atoms with Crippen LogP contribution < -0.4 is 5.73 Å². The number of hydrogen-bond donors (Lipinski definition) is 1. The molecule has 0 amide bonds. The van der Waals surface area contributed by atoms with Gasteiger partial charge in [-0.05, 0) is 0 Å². The quantitative estimate of drug-likeness (QED) is 0.594. The molecule has 0 aromatic rings. The van der Waals surface area contributed by atoms with Crippen LogP contribution >= 0.6 is 11.8 Å². The SMILES string of the molecule is C=CCN1CCSCC1N. The Morgan fingerprint density at radius 3 is 3.20 bits per heavy atom. The fourth-order valence-corrected chi connectivity index (χ4v) is 2.03. The van der Waals surface area contributed by atoms with Gasteiger partial charge in [0, 0.05) is 24.6 Å². The molecule has 1 aliphatic heterocycles. The molecular formula is C7H14N2S. The highest BCUT2D eigenvalue weighted by atomic mass is 32.2. The summed E-state index contributed by atoms with van der Waals surface area (Å²) in [4.78, 5) is 2.25. The summed E-state index contributed by atoms with van der Waals surface area (Å²) in [5.41, 5.74) is 5.82. The summed E-state index contributed by atoms with van der Waals surface area (Å²) in [6, 6.07) is 0. The molecule has 2 N–H and O–H groups in total. The fourth-order valence-electron chi connectivity index (χ4n) is 1.05. The molecule has 2 nitrogen and oxygen atoms in total. The van der Waals surface area contributed by atoms with E-state index in [9.17, 15) is 0 Å². The Morgan fingerprint density at radius 1 is 1.80 bits per heavy atom. The molecular weight excluding hydrogens is 144 g/mol. The van der Waals surface area contributed by atoms with Crippen LogP contribution in [0.1, 0.15) is 0 Å². The molecule has 58 valence electrons. The van der Waals surface area contributed by atoms with Crippen LogP contribution in [-0.4, -0.2) is 35.7 Å². The summed E-state index contributed by atoms with van der Waals surface area (Å²) in [6.07, 6.45) is 2.16. The van der Waals surface area contributed by atoms with E-state index in [1.807, 2.05) is 17.8 Å². The largest absolute Gasteiger partial charge is 0.315 e. The maximum atomic E-state index is 5.82. The van der Waals surface area contributed by atoms with Crippen LogP contribution in [0.2, 0.25) is 0 Å². The highest BCUT2D eigenvalue weighted by Gasteiger charge is 2.16. The summed E-state index contributed by atoms with van der Waals surface area (Å²) in [6.45, 7) is 5.73. The molecule has 3 heteroatoms. The van der Waals surface area contributed by atoms with Gasteiger partial charge in [-0.15, -0.1) is 6.58 Å². The minimum Gasteiger partial charge on any atom is -0.315 e. The van der Waals surface area contributed by atoms with E-state index in [2.05, 4.69) is 11.5 Å². The van der Waals surface area contributed by atoms with Gasteiger partial charge in [-0.2, -0.15) is 11.8 Å². The van der Waals surface area contributed by atoms with Crippen molar-refractivity contribution < 1.29 is 0 Å². The first-order valence-electron chi connectivity index (χ1n) is 3.53. The van der Waals surface area contributed by atoms with Crippen LogP contribution in [0.5, 0.6) is 0 Å². The molecule has 1 aliphatic rings. The van der Waals surface area contributed by atoms with Gasteiger partial charge < -0.3 is 5.73 Å². The van der Waals surface area contributed by atoms with Gasteiger partial charge in [-0.3, -0.25) is 4.90 Å². The van der Waals surface area contributed by atoms with Gasteiger partial charge >= 0.3 is 0 Å². The second-order valence-electron chi connectivity index (χ2n) is 2.43. The normalized spacial score (nSPS) is 28.3. The second kappa shape index (κ2) is 4.01. The lowest BCUT2D eigenvalue weighted by Crippen LogP contribution is -2.47. The van der Waals surface area contributed by atoms with Crippen molar-refractivity contribution in [3.63, 3.8) is 0 Å². The Balaban J connectivity index is 2.32. The van der Waals surface area contributed by atoms with Crippen LogP contribution in [0.25, 0.3) is 0 Å². The fraction of sp³-hybridized carbons (Fsp3) is 0.714. The topological polar surface area (TPSA) is 29.3 Å². The molecule has 1 heterocycles. The van der Waals surface area contributed by atoms with E-state index in [4.69, 9.17) is 5.73 Å². The lowest BCUT2D eigenvalue weighted by molar-refractivity contribution is 0.248. The monoisotopic (exact) mass is 158 g/mol. The van der Waals surface area contributed by atoms with Crippen LogP contribution in [0.15, 0.2) is 12.7 Å². The zero-order chi connectivity index (χ0) is 7.40. The van der Waals surface area contributed by atoms with Crippen LogP contribution in [0.4, 0.5) is 0 Å². The molecule has 0 aromatic heterocycles. The van der Waals surface area contributed by atoms with Crippen molar-refractivity contribution in [3.8, 4) is 0 Å². The van der Waals surface area contributed by atoms with E-state index in [-0.39, 0.29) is 6.17 Å². The van der Waals surface area contributed by atoms with E-state index in [1.165, 1.54) is 5.75 Å². The van der Waals surface area contributed by atoms with Gasteiger partial charge in [0.2, 0.25) is 0 Å². The average Bonchev–Trinajstić information content (AvgIpc) is 1.94. The van der Waals surface area contributed by atoms with E-state index >= 15 is 0 Å². The summed E-state index contributed by atoms with van der Waals surface area (Å²) in [5, 5.41) is 0. The first-order valence-corrected chi connectivity index (χ1v) is 4.68. The van der Waals surface area contributed by atoms with Crippen LogP contribution in [0, 0.1) is 0 Å². The Kier molecular flexibility index (Phi) is 3.25. The molecule has 1 atom stereocenters. The summed E-state index contributed by atoms with van der Waals surface area (Å²) < 4.78 is 0. The first kappa shape index (κ1) is 8.11. The summed E-state index contributed by atoms with van der Waals surface area (Å²) in [5.74, 6) is 2.27. The lowest BCUT2D eigenvalue weighted by atomic mass is 10.4. The van der Waals surface area contributed by atoms with Gasteiger partial charge in [-0.25, -0.2) is 0 Å². The van der Waals surface area contributed by atoms with Gasteiger partial charge in [0.25, 0.3) is 0 Å². The number of nitrogens with zero attached hydrogens (tertiary/aromatic N) is 1. The Labute approximate surface area is 66.5 Å². The van der Waals surface area contributed by atoms with Gasteiger partial charge in [0.1, 0.15) is 0 Å². The Morgan fingerprint density at radius 2 is 2.60 bits per heavy atom. The van der Waals surface area contributed by atoms with Crippen molar-refractivity contribution in [2.45, 2.75) is 6.17 Å². The number of nitrogens with two attached hydrogens (primary N) is 1. The minimum atomic E-state index is 0.247. The third-order valence-electron chi connectivity index (χ3n) is 1.64. The molecule has 1 unspecified atom stereocenters. The number of hydrogen-bond acceptors (Lipinski definition) is 3. The minimum absolute atomic E-state index is 0.247. The van der Waals surface area contributed by atoms with E-state index in [1.54, 1.807) is 0 Å². The molecule has 0 bridgehead atoms. The molecule has 0 radical (unpaired) electrons. The zero-order valence-corrected chi connectivity index (χ0v) is 6.94. The van der Waals surface area contributed by atoms with E-state index < -0.39 is 0 Å². The van der Waals surface area contributed by atoms with Crippen LogP contribution in [-0.2, 0) is 0 Å². The van der Waals surface area contributed by atoms with Crippen molar-refractivity contribution in [2.75, 3.05) is 24.6 Å². The van der Waals surface area contributed by atoms with Crippen LogP contribution in [0.3, 0.4) is 0 Å². The molecule has 0 aliphatic carbocycles. The number of thioether (sulfide) groups is 1. The third kappa shape index (κ3) is 2.01. The van der Waals surface area contributed by atoms with Crippen molar-refractivity contribution in [2.24, 2.45) is 5.73 Å². The Bertz CT molecular complexity index is 116. The Hall–Kier alpha value is 0.01000. The van der Waals surface area contributed by atoms with Crippen molar-refractivity contribution in [1.82, 2.24) is 4.90 Å². The highest BCUT2D eigenvalue weighted by Crippen LogP contribution is 2.11. The standard InChI is InChI=1S/C7H14N2S/c1-2-3-9-4-5-10-6-7(9)8/h2,7H,1,3-6,8H2.